The molecule has 0 bridgehead atoms. The summed E-state index contributed by atoms with van der Waals surface area (Å²) in [5.41, 5.74) is 10.4. The number of hydrogen-bond donors (Lipinski definition) is 7. The lowest BCUT2D eigenvalue weighted by molar-refractivity contribution is 0.302. The lowest BCUT2D eigenvalue weighted by Gasteiger charge is -2.15. The minimum atomic E-state index is -0.561. The van der Waals surface area contributed by atoms with Crippen LogP contribution < -0.4 is 62.3 Å². The number of anilines is 2. The zero-order chi connectivity index (χ0) is 70.7. The van der Waals surface area contributed by atoms with Crippen molar-refractivity contribution >= 4 is 144 Å². The van der Waals surface area contributed by atoms with Gasteiger partial charge in [-0.15, -0.1) is 12.4 Å². The van der Waals surface area contributed by atoms with Crippen LogP contribution in [0.15, 0.2) is 166 Å². The Balaban J connectivity index is 0.000000257. The number of aromatic nitrogens is 12. The molecule has 3 atom stereocenters. The van der Waals surface area contributed by atoms with Gasteiger partial charge in [-0.2, -0.15) is 66.2 Å². The normalized spacial score (nSPS) is 11.0. The first-order valence-electron chi connectivity index (χ1n) is 29.5. The Bertz CT molecular complexity index is 5290. The maximum Gasteiger partial charge on any atom is 0.270 e. The summed E-state index contributed by atoms with van der Waals surface area (Å²) in [6.45, 7) is 6.11. The topological polar surface area (TPSA) is 402 Å². The van der Waals surface area contributed by atoms with Crippen LogP contribution in [0.4, 0.5) is 11.9 Å². The molecule has 9 heterocycles. The molecule has 0 unspecified atom stereocenters. The van der Waals surface area contributed by atoms with Crippen LogP contribution >= 0.6 is 99.3 Å². The third-order valence-electron chi connectivity index (χ3n) is 14.2. The number of methoxy groups -OCH3 is 2. The molecule has 3 aromatic carbocycles. The van der Waals surface area contributed by atoms with E-state index in [1.807, 2.05) is 66.7 Å². The van der Waals surface area contributed by atoms with Crippen molar-refractivity contribution in [2.45, 2.75) is 58.7 Å². The largest absolute Gasteiger partial charge is 0.486 e. The number of benzene rings is 3. The van der Waals surface area contributed by atoms with Crippen LogP contribution in [0.3, 0.4) is 0 Å². The number of nitrogens with two attached hydrogens (primary N) is 1. The average molecular weight is 1550 g/mol. The summed E-state index contributed by atoms with van der Waals surface area (Å²) >= 11 is 24.5. The van der Waals surface area contributed by atoms with Crippen molar-refractivity contribution in [3.63, 3.8) is 0 Å². The van der Waals surface area contributed by atoms with E-state index in [4.69, 9.17) is 91.6 Å². The monoisotopic (exact) mass is 1550 g/mol. The van der Waals surface area contributed by atoms with Crippen LogP contribution in [-0.2, 0) is 19.8 Å². The smallest absolute Gasteiger partial charge is 0.270 e. The number of halogens is 5. The fourth-order valence-corrected chi connectivity index (χ4v) is 10.0. The Hall–Kier alpha value is -10.7. The number of nitrogens with zero attached hydrogens (tertiary/aromatic N) is 11. The molecule has 27 nitrogen and oxygen atoms in total. The van der Waals surface area contributed by atoms with E-state index in [9.17, 15) is 19.2 Å². The molecule has 0 aliphatic heterocycles. The van der Waals surface area contributed by atoms with E-state index in [2.05, 4.69) is 70.4 Å². The fraction of sp³-hybridized carbons (Fsp3) is 0.162. The first kappa shape index (κ1) is 83.0. The number of ether oxygens (including phenoxy) is 5. The van der Waals surface area contributed by atoms with Crippen LogP contribution in [0.1, 0.15) is 89.4 Å². The third kappa shape index (κ3) is 22.2. The van der Waals surface area contributed by atoms with Crippen molar-refractivity contribution < 1.29 is 23.7 Å². The molecule has 532 valence electrons. The number of hydrogen-bond acceptors (Lipinski definition) is 23. The zero-order valence-electron chi connectivity index (χ0n) is 54.8. The first-order chi connectivity index (χ1) is 47.7. The molecule has 0 radical (unpaired) electrons. The molecule has 0 fully saturated rings. The number of H-pyrrole nitrogens is 4. The summed E-state index contributed by atoms with van der Waals surface area (Å²) in [4.78, 5) is 92.5. The molecule has 103 heavy (non-hydrogen) atoms. The van der Waals surface area contributed by atoms with Gasteiger partial charge < -0.3 is 55.0 Å². The number of nitrogens with one attached hydrogen (secondary N) is 6. The molecule has 0 aliphatic carbocycles. The van der Waals surface area contributed by atoms with Crippen LogP contribution in [0.2, 0.25) is 20.4 Å². The van der Waals surface area contributed by atoms with E-state index in [-0.39, 0.29) is 134 Å². The number of pyridine rings is 6. The summed E-state index contributed by atoms with van der Waals surface area (Å²) in [5, 5.41) is 36.0. The van der Waals surface area contributed by atoms with Gasteiger partial charge in [0.25, 0.3) is 22.2 Å². The Morgan fingerprint density at radius 3 is 1.23 bits per heavy atom. The van der Waals surface area contributed by atoms with Crippen molar-refractivity contribution in [1.29, 1.82) is 15.8 Å². The van der Waals surface area contributed by atoms with Gasteiger partial charge in [-0.1, -0.05) is 53.0 Å². The highest BCUT2D eigenvalue weighted by Gasteiger charge is 2.19. The molecule has 0 amide bonds. The van der Waals surface area contributed by atoms with Crippen LogP contribution in [0, 0.1) is 34.0 Å². The molecule has 8 N–H and O–H groups in total. The lowest BCUT2D eigenvalue weighted by atomic mass is 10.1. The van der Waals surface area contributed by atoms with Gasteiger partial charge in [0.1, 0.15) is 72.0 Å². The maximum absolute atomic E-state index is 12.8. The average Bonchev–Trinajstić information content (AvgIpc) is 0.798. The number of rotatable bonds is 18. The van der Waals surface area contributed by atoms with Gasteiger partial charge in [-0.3, -0.25) is 39.1 Å². The van der Waals surface area contributed by atoms with E-state index in [1.54, 1.807) is 100 Å². The van der Waals surface area contributed by atoms with E-state index < -0.39 is 17.6 Å². The van der Waals surface area contributed by atoms with E-state index in [1.165, 1.54) is 32.8 Å². The standard InChI is InChI=1S/C23H19ClN6O3.C22H17ClN6O3.C17H16ClN3O2.C6H4ClN3O.ClH.3H2S/c1-13(28-23-27-11-15(10-25)22(30-23)32-2)17-7-14-8-18(24)20(9-19(14)29-21(17)31)33-12-16-5-3-4-6-26-16;1-12(27-22-26-10-14(9-24)20(30)29-22)16-6-13-7-17(23)19(8-18(13)28-21(16)31)32-11-15-4-2-3-5-25-15;1-10(19)13-6-11-7-14(18)16(8-15(11)21-17(13)22)23-9-12-4-2-3-5-20-12;1-11-5-4(2-8)3-9-6(7)10-5;;;;/h3-9,11,13H,12H2,1-2H3,(H,29,31)(H,27,28,30);2-8,10,12H,11H2,1H3,(H,28,31)(H2,26,27,29,30);2-8,10H,9,19H2,1H3,(H,21,22);3H,1H3;1H;3*1H2/t13-;12-;10-;;;;;/m000...../s1. The van der Waals surface area contributed by atoms with Crippen molar-refractivity contribution in [2.75, 3.05) is 24.9 Å². The van der Waals surface area contributed by atoms with E-state index in [0.717, 1.165) is 27.9 Å². The highest BCUT2D eigenvalue weighted by Crippen LogP contribution is 2.34. The highest BCUT2D eigenvalue weighted by atomic mass is 35.5. The van der Waals surface area contributed by atoms with Gasteiger partial charge in [0.2, 0.25) is 28.9 Å². The molecular formula is C68H63Cl5N18O9S3. The summed E-state index contributed by atoms with van der Waals surface area (Å²) in [5.74, 6) is 2.11. The molecule has 35 heteroatoms. The molecule has 0 spiro atoms. The SMILES string of the molecule is COc1nc(Cl)ncc1C#N.COc1nc(N[C@@H](C)c2cc3cc(Cl)c(OCc4ccccn4)cc3[nH]c2=O)ncc1C#N.C[C@H](N)c1cc2cc(Cl)c(OCc3ccccn3)cc2[nH]c1=O.C[C@H](Nc1ncc(C#N)c(=O)[nH]1)c1cc2cc(Cl)c(OCc3ccccn3)cc2[nH]c1=O.Cl.S.S.S. The zero-order valence-corrected chi connectivity index (χ0v) is 61.6. The Kier molecular flexibility index (Phi) is 31.8. The summed E-state index contributed by atoms with van der Waals surface area (Å²) in [6, 6.07) is 36.5. The number of fused-ring (bicyclic) bond motifs is 3. The van der Waals surface area contributed by atoms with Crippen molar-refractivity contribution in [3.05, 3.63) is 259 Å². The van der Waals surface area contributed by atoms with E-state index in [0.29, 0.717) is 77.5 Å². The maximum atomic E-state index is 12.8. The highest BCUT2D eigenvalue weighted by molar-refractivity contribution is 7.59. The fourth-order valence-electron chi connectivity index (χ4n) is 9.24. The van der Waals surface area contributed by atoms with Gasteiger partial charge in [-0.05, 0) is 105 Å². The molecule has 0 saturated heterocycles. The molecule has 9 aromatic heterocycles. The van der Waals surface area contributed by atoms with Gasteiger partial charge in [0.15, 0.2) is 0 Å². The van der Waals surface area contributed by atoms with Crippen LogP contribution in [0.5, 0.6) is 29.0 Å². The first-order valence-corrected chi connectivity index (χ1v) is 31.0. The predicted octanol–water partition coefficient (Wildman–Crippen LogP) is 12.2. The second-order valence-electron chi connectivity index (χ2n) is 21.1. The summed E-state index contributed by atoms with van der Waals surface area (Å²) < 4.78 is 27.1. The van der Waals surface area contributed by atoms with Crippen molar-refractivity contribution in [1.82, 2.24) is 59.8 Å². The minimum absolute atomic E-state index is 0. The third-order valence-corrected chi connectivity index (χ3v) is 15.3. The molecular weight excluding hydrogens is 1490 g/mol. The van der Waals surface area contributed by atoms with Crippen molar-refractivity contribution in [2.24, 2.45) is 5.73 Å². The van der Waals surface area contributed by atoms with Crippen molar-refractivity contribution in [3.8, 4) is 47.2 Å². The van der Waals surface area contributed by atoms with E-state index >= 15 is 0 Å². The Morgan fingerprint density at radius 1 is 0.476 bits per heavy atom. The molecule has 0 aliphatic rings. The lowest BCUT2D eigenvalue weighted by Crippen LogP contribution is -2.22. The van der Waals surface area contributed by atoms with Gasteiger partial charge in [0, 0.05) is 75.7 Å². The van der Waals surface area contributed by atoms with Gasteiger partial charge >= 0.3 is 0 Å². The summed E-state index contributed by atoms with van der Waals surface area (Å²) in [7, 11) is 2.84. The predicted molar refractivity (Wildman–Crippen MR) is 411 cm³/mol. The Morgan fingerprint density at radius 2 is 0.854 bits per heavy atom. The molecule has 0 saturated carbocycles. The number of nitriles is 3. The second-order valence-corrected chi connectivity index (χ2v) is 22.7. The molecule has 12 rings (SSSR count). The Labute approximate surface area is 633 Å². The van der Waals surface area contributed by atoms with Gasteiger partial charge in [0.05, 0.1) is 93.6 Å². The quantitative estimate of drug-likeness (QED) is 0.0392. The molecule has 12 aromatic rings. The minimum Gasteiger partial charge on any atom is -0.486 e. The summed E-state index contributed by atoms with van der Waals surface area (Å²) in [6.07, 6.45) is 8.91. The van der Waals surface area contributed by atoms with Gasteiger partial charge in [-0.25, -0.2) is 15.0 Å². The number of aromatic amines is 4. The van der Waals surface area contributed by atoms with Crippen LogP contribution in [0.25, 0.3) is 32.7 Å². The second kappa shape index (κ2) is 39.5. The van der Waals surface area contributed by atoms with Crippen LogP contribution in [-0.4, -0.2) is 74.0 Å².